The van der Waals surface area contributed by atoms with Crippen LogP contribution in [0.3, 0.4) is 0 Å². The largest absolute Gasteiger partial charge is 0.447 e. The summed E-state index contributed by atoms with van der Waals surface area (Å²) in [6.07, 6.45) is -0.324. The Balaban J connectivity index is 0.000000194. The summed E-state index contributed by atoms with van der Waals surface area (Å²) in [6.45, 7) is 5.05. The molecule has 1 fully saturated rings. The van der Waals surface area contributed by atoms with Gasteiger partial charge in [-0.2, -0.15) is 0 Å². The zero-order chi connectivity index (χ0) is 15.2. The summed E-state index contributed by atoms with van der Waals surface area (Å²) in [5.41, 5.74) is 2.38. The fourth-order valence-corrected chi connectivity index (χ4v) is 2.42. The van der Waals surface area contributed by atoms with E-state index in [1.54, 1.807) is 0 Å². The van der Waals surface area contributed by atoms with E-state index < -0.39 is 0 Å². The van der Waals surface area contributed by atoms with E-state index in [-0.39, 0.29) is 6.09 Å². The predicted molar refractivity (Wildman–Crippen MR) is 86.5 cm³/mol. The van der Waals surface area contributed by atoms with E-state index in [0.717, 1.165) is 10.2 Å². The van der Waals surface area contributed by atoms with Gasteiger partial charge in [0, 0.05) is 0 Å². The van der Waals surface area contributed by atoms with Crippen LogP contribution in [0.4, 0.5) is 10.6 Å². The Morgan fingerprint density at radius 3 is 2.33 bits per heavy atom. The second kappa shape index (κ2) is 7.22. The number of ether oxygens (including phenoxy) is 1. The number of hydrogen-bond donors (Lipinski definition) is 0. The van der Waals surface area contributed by atoms with Crippen LogP contribution in [0.15, 0.2) is 47.1 Å². The zero-order valence-corrected chi connectivity index (χ0v) is 13.6. The minimum absolute atomic E-state index is 0.324. The maximum absolute atomic E-state index is 11.2. The van der Waals surface area contributed by atoms with Gasteiger partial charge in [-0.25, -0.2) is 9.78 Å². The van der Waals surface area contributed by atoms with Gasteiger partial charge in [-0.3, -0.25) is 4.90 Å². The van der Waals surface area contributed by atoms with Gasteiger partial charge in [0.2, 0.25) is 0 Å². The Morgan fingerprint density at radius 2 is 1.86 bits per heavy atom. The highest BCUT2D eigenvalue weighted by molar-refractivity contribution is 9.10. The Hall–Kier alpha value is -1.88. The fraction of sp³-hybridized carbons (Fsp3) is 0.250. The summed E-state index contributed by atoms with van der Waals surface area (Å²) in [4.78, 5) is 17.0. The van der Waals surface area contributed by atoms with Crippen LogP contribution >= 0.6 is 15.9 Å². The molecule has 1 aromatic carbocycles. The molecule has 0 N–H and O–H groups in total. The van der Waals surface area contributed by atoms with Crippen molar-refractivity contribution < 1.29 is 9.53 Å². The number of aromatic nitrogens is 1. The molecule has 0 bridgehead atoms. The lowest BCUT2D eigenvalue weighted by atomic mass is 10.2. The van der Waals surface area contributed by atoms with E-state index in [1.165, 1.54) is 10.5 Å². The molecule has 1 aliphatic rings. The highest BCUT2D eigenvalue weighted by Crippen LogP contribution is 2.20. The molecule has 0 spiro atoms. The first-order valence-electron chi connectivity index (χ1n) is 6.66. The smallest absolute Gasteiger partial charge is 0.415 e. The van der Waals surface area contributed by atoms with Crippen molar-refractivity contribution in [2.75, 3.05) is 18.1 Å². The molecule has 2 aromatic rings. The maximum atomic E-state index is 11.2. The van der Waals surface area contributed by atoms with Crippen molar-refractivity contribution >= 4 is 27.8 Å². The van der Waals surface area contributed by atoms with Crippen molar-refractivity contribution in [2.45, 2.75) is 13.8 Å². The van der Waals surface area contributed by atoms with E-state index in [0.29, 0.717) is 19.0 Å². The Kier molecular flexibility index (Phi) is 5.33. The quantitative estimate of drug-likeness (QED) is 0.728. The standard InChI is InChI=1S/C9H9BrN2O2.C7H8/c1-6-4-7(10)11-8(5-6)12-2-3-14-9(12)13;1-7-5-3-2-4-6-7/h4-5H,2-3H2,1H3;2-6H,1H3. The summed E-state index contributed by atoms with van der Waals surface area (Å²) in [7, 11) is 0. The third-order valence-corrected chi connectivity index (χ3v) is 3.31. The van der Waals surface area contributed by atoms with Crippen molar-refractivity contribution in [1.29, 1.82) is 0 Å². The lowest BCUT2D eigenvalue weighted by Crippen LogP contribution is -2.24. The third-order valence-electron chi connectivity index (χ3n) is 2.90. The van der Waals surface area contributed by atoms with E-state index in [4.69, 9.17) is 4.74 Å². The Labute approximate surface area is 132 Å². The summed E-state index contributed by atoms with van der Waals surface area (Å²) in [5.74, 6) is 0.638. The molecule has 110 valence electrons. The molecule has 3 rings (SSSR count). The molecular weight excluding hydrogens is 332 g/mol. The number of benzene rings is 1. The van der Waals surface area contributed by atoms with Crippen LogP contribution in [-0.2, 0) is 4.74 Å². The number of aryl methyl sites for hydroxylation is 2. The number of anilines is 1. The second-order valence-corrected chi connectivity index (χ2v) is 5.56. The average Bonchev–Trinajstić information content (AvgIpc) is 2.85. The number of carbonyl (C=O) groups is 1. The lowest BCUT2D eigenvalue weighted by Gasteiger charge is -2.12. The number of halogens is 1. The Bertz CT molecular complexity index is 597. The van der Waals surface area contributed by atoms with Gasteiger partial charge in [-0.1, -0.05) is 35.9 Å². The van der Waals surface area contributed by atoms with Gasteiger partial charge in [-0.05, 0) is 47.5 Å². The van der Waals surface area contributed by atoms with Gasteiger partial charge in [0.05, 0.1) is 6.54 Å². The van der Waals surface area contributed by atoms with E-state index in [2.05, 4.69) is 40.0 Å². The molecular formula is C16H17BrN2O2. The van der Waals surface area contributed by atoms with Gasteiger partial charge in [0.25, 0.3) is 0 Å². The first-order chi connectivity index (χ1) is 10.1. The molecule has 1 aliphatic heterocycles. The maximum Gasteiger partial charge on any atom is 0.415 e. The van der Waals surface area contributed by atoms with Crippen LogP contribution < -0.4 is 4.90 Å². The van der Waals surface area contributed by atoms with E-state index in [9.17, 15) is 4.79 Å². The monoisotopic (exact) mass is 348 g/mol. The van der Waals surface area contributed by atoms with E-state index in [1.807, 2.05) is 37.3 Å². The number of nitrogens with zero attached hydrogens (tertiary/aromatic N) is 2. The van der Waals surface area contributed by atoms with Crippen molar-refractivity contribution in [3.63, 3.8) is 0 Å². The van der Waals surface area contributed by atoms with Crippen LogP contribution in [-0.4, -0.2) is 24.2 Å². The summed E-state index contributed by atoms with van der Waals surface area (Å²) in [6, 6.07) is 14.0. The molecule has 0 saturated carbocycles. The van der Waals surface area contributed by atoms with Gasteiger partial charge in [-0.15, -0.1) is 0 Å². The molecule has 0 radical (unpaired) electrons. The molecule has 1 amide bonds. The number of rotatable bonds is 1. The van der Waals surface area contributed by atoms with Crippen LogP contribution in [0, 0.1) is 13.8 Å². The van der Waals surface area contributed by atoms with Crippen molar-refractivity contribution in [3.05, 3.63) is 58.2 Å². The highest BCUT2D eigenvalue weighted by Gasteiger charge is 2.24. The SMILES string of the molecule is Cc1cc(Br)nc(N2CCOC2=O)c1.Cc1ccccc1. The number of amides is 1. The van der Waals surface area contributed by atoms with Gasteiger partial charge < -0.3 is 4.74 Å². The molecule has 2 heterocycles. The third kappa shape index (κ3) is 4.56. The summed E-state index contributed by atoms with van der Waals surface area (Å²) < 4.78 is 5.56. The molecule has 0 atom stereocenters. The first-order valence-corrected chi connectivity index (χ1v) is 7.45. The van der Waals surface area contributed by atoms with Gasteiger partial charge in [0.1, 0.15) is 17.0 Å². The second-order valence-electron chi connectivity index (χ2n) is 4.75. The minimum atomic E-state index is -0.324. The molecule has 0 unspecified atom stereocenters. The highest BCUT2D eigenvalue weighted by atomic mass is 79.9. The Morgan fingerprint density at radius 1 is 1.14 bits per heavy atom. The predicted octanol–water partition coefficient (Wildman–Crippen LogP) is 4.10. The molecule has 21 heavy (non-hydrogen) atoms. The first kappa shape index (κ1) is 15.5. The molecule has 1 aromatic heterocycles. The lowest BCUT2D eigenvalue weighted by molar-refractivity contribution is 0.181. The number of hydrogen-bond acceptors (Lipinski definition) is 3. The van der Waals surface area contributed by atoms with E-state index >= 15 is 0 Å². The zero-order valence-electron chi connectivity index (χ0n) is 12.0. The van der Waals surface area contributed by atoms with Gasteiger partial charge >= 0.3 is 6.09 Å². The average molecular weight is 349 g/mol. The molecule has 4 nitrogen and oxygen atoms in total. The molecule has 0 aliphatic carbocycles. The van der Waals surface area contributed by atoms with Crippen LogP contribution in [0.2, 0.25) is 0 Å². The number of pyridine rings is 1. The van der Waals surface area contributed by atoms with Crippen LogP contribution in [0.25, 0.3) is 0 Å². The number of cyclic esters (lactones) is 1. The molecule has 1 saturated heterocycles. The van der Waals surface area contributed by atoms with Crippen molar-refractivity contribution in [2.24, 2.45) is 0 Å². The van der Waals surface area contributed by atoms with Crippen LogP contribution in [0.5, 0.6) is 0 Å². The minimum Gasteiger partial charge on any atom is -0.447 e. The molecule has 5 heteroatoms. The van der Waals surface area contributed by atoms with Gasteiger partial charge in [0.15, 0.2) is 0 Å². The fourth-order valence-electron chi connectivity index (χ4n) is 1.88. The normalized spacial score (nSPS) is 13.5. The van der Waals surface area contributed by atoms with Crippen LogP contribution in [0.1, 0.15) is 11.1 Å². The number of carbonyl (C=O) groups excluding carboxylic acids is 1. The summed E-state index contributed by atoms with van der Waals surface area (Å²) >= 11 is 3.29. The topological polar surface area (TPSA) is 42.4 Å². The summed E-state index contributed by atoms with van der Waals surface area (Å²) in [5, 5.41) is 0. The van der Waals surface area contributed by atoms with Crippen molar-refractivity contribution in [3.8, 4) is 0 Å². The van der Waals surface area contributed by atoms with Crippen molar-refractivity contribution in [1.82, 2.24) is 4.98 Å².